The smallest absolute Gasteiger partial charge is 0.297 e. The summed E-state index contributed by atoms with van der Waals surface area (Å²) in [5.41, 5.74) is 1.00. The minimum absolute atomic E-state index is 0.00633. The average Bonchev–Trinajstić information content (AvgIpc) is 3.08. The number of aryl methyl sites for hydroxylation is 1. The first kappa shape index (κ1) is 14.0. The van der Waals surface area contributed by atoms with Crippen molar-refractivity contribution in [3.05, 3.63) is 29.8 Å². The van der Waals surface area contributed by atoms with Gasteiger partial charge in [0.05, 0.1) is 11.5 Å². The maximum atomic E-state index is 12.3. The molecule has 0 aliphatic carbocycles. The Bertz CT molecular complexity index is 580. The molecule has 1 aromatic rings. The van der Waals surface area contributed by atoms with Crippen molar-refractivity contribution in [1.29, 1.82) is 0 Å². The summed E-state index contributed by atoms with van der Waals surface area (Å²) < 4.78 is 40.8. The van der Waals surface area contributed by atoms with E-state index < -0.39 is 16.2 Å². The molecule has 0 radical (unpaired) electrons. The molecule has 0 amide bonds. The summed E-state index contributed by atoms with van der Waals surface area (Å²) in [6.45, 7) is 4.32. The van der Waals surface area contributed by atoms with Gasteiger partial charge in [-0.3, -0.25) is 4.18 Å². The largest absolute Gasteiger partial charge is 0.370 e. The molecule has 5 nitrogen and oxygen atoms in total. The number of epoxide rings is 1. The molecule has 2 fully saturated rings. The second-order valence-corrected chi connectivity index (χ2v) is 6.82. The second-order valence-electron chi connectivity index (χ2n) is 5.25. The Morgan fingerprint density at radius 2 is 2.05 bits per heavy atom. The fourth-order valence-corrected chi connectivity index (χ4v) is 3.63. The van der Waals surface area contributed by atoms with Crippen molar-refractivity contribution in [3.8, 4) is 0 Å². The quantitative estimate of drug-likeness (QED) is 0.611. The van der Waals surface area contributed by atoms with Crippen LogP contribution in [-0.4, -0.2) is 39.4 Å². The molecule has 3 rings (SSSR count). The number of ether oxygens (including phenoxy) is 2. The van der Waals surface area contributed by atoms with E-state index in [1.54, 1.807) is 24.3 Å². The highest BCUT2D eigenvalue weighted by Crippen LogP contribution is 2.38. The molecular formula is C14H18O5S. The first-order valence-corrected chi connectivity index (χ1v) is 8.19. The van der Waals surface area contributed by atoms with Gasteiger partial charge >= 0.3 is 0 Å². The molecule has 1 aromatic carbocycles. The van der Waals surface area contributed by atoms with Gasteiger partial charge in [-0.25, -0.2) is 0 Å². The average molecular weight is 298 g/mol. The molecule has 0 saturated carbocycles. The van der Waals surface area contributed by atoms with E-state index >= 15 is 0 Å². The molecule has 0 N–H and O–H groups in total. The first-order valence-electron chi connectivity index (χ1n) is 6.78. The molecule has 2 aliphatic rings. The molecule has 0 aromatic heterocycles. The van der Waals surface area contributed by atoms with Gasteiger partial charge in [0.1, 0.15) is 24.4 Å². The Balaban J connectivity index is 1.75. The van der Waals surface area contributed by atoms with Crippen molar-refractivity contribution in [2.24, 2.45) is 0 Å². The van der Waals surface area contributed by atoms with Crippen LogP contribution in [0, 0.1) is 6.92 Å². The minimum atomic E-state index is -3.77. The van der Waals surface area contributed by atoms with Crippen LogP contribution in [0.4, 0.5) is 0 Å². The van der Waals surface area contributed by atoms with Crippen LogP contribution in [-0.2, 0) is 23.8 Å². The van der Waals surface area contributed by atoms with Crippen LogP contribution >= 0.6 is 0 Å². The predicted molar refractivity (Wildman–Crippen MR) is 71.9 cm³/mol. The van der Waals surface area contributed by atoms with Crippen molar-refractivity contribution in [3.63, 3.8) is 0 Å². The van der Waals surface area contributed by atoms with Gasteiger partial charge < -0.3 is 9.47 Å². The third-order valence-electron chi connectivity index (χ3n) is 3.73. The van der Waals surface area contributed by atoms with E-state index in [9.17, 15) is 8.42 Å². The molecule has 6 heteroatoms. The zero-order valence-electron chi connectivity index (χ0n) is 11.5. The topological polar surface area (TPSA) is 65.1 Å². The lowest BCUT2D eigenvalue weighted by atomic mass is 10.1. The van der Waals surface area contributed by atoms with Crippen molar-refractivity contribution in [2.75, 3.05) is 6.61 Å². The number of rotatable bonds is 5. The van der Waals surface area contributed by atoms with E-state index in [1.165, 1.54) is 0 Å². The van der Waals surface area contributed by atoms with Crippen LogP contribution < -0.4 is 0 Å². The van der Waals surface area contributed by atoms with Crippen LogP contribution in [0.25, 0.3) is 0 Å². The molecule has 2 saturated heterocycles. The molecule has 20 heavy (non-hydrogen) atoms. The maximum absolute atomic E-state index is 12.3. The van der Waals surface area contributed by atoms with Crippen LogP contribution in [0.5, 0.6) is 0 Å². The molecular weight excluding hydrogens is 280 g/mol. The van der Waals surface area contributed by atoms with Crippen LogP contribution in [0.3, 0.4) is 0 Å². The van der Waals surface area contributed by atoms with Gasteiger partial charge in [-0.1, -0.05) is 24.6 Å². The van der Waals surface area contributed by atoms with Gasteiger partial charge in [0.25, 0.3) is 10.1 Å². The Kier molecular flexibility index (Phi) is 3.58. The van der Waals surface area contributed by atoms with Crippen molar-refractivity contribution >= 4 is 10.1 Å². The van der Waals surface area contributed by atoms with Crippen LogP contribution in [0.1, 0.15) is 18.9 Å². The van der Waals surface area contributed by atoms with E-state index in [1.807, 2.05) is 13.8 Å². The number of hydrogen-bond donors (Lipinski definition) is 0. The zero-order valence-corrected chi connectivity index (χ0v) is 12.3. The van der Waals surface area contributed by atoms with E-state index in [0.717, 1.165) is 5.56 Å². The Hall–Kier alpha value is -0.950. The SMILES string of the molecule is CCC(OS(=O)(=O)c1ccc(C)cc1)[C@H]1OC[C@@H]2O[C@@H]21. The van der Waals surface area contributed by atoms with Crippen LogP contribution in [0.15, 0.2) is 29.2 Å². The summed E-state index contributed by atoms with van der Waals surface area (Å²) in [5, 5.41) is 0. The summed E-state index contributed by atoms with van der Waals surface area (Å²) in [6, 6.07) is 6.62. The second kappa shape index (κ2) is 5.11. The summed E-state index contributed by atoms with van der Waals surface area (Å²) in [6.07, 6.45) is -0.112. The van der Waals surface area contributed by atoms with Gasteiger partial charge in [-0.15, -0.1) is 0 Å². The van der Waals surface area contributed by atoms with Gasteiger partial charge in [-0.05, 0) is 25.5 Å². The normalized spacial score (nSPS) is 30.0. The lowest BCUT2D eigenvalue weighted by Gasteiger charge is -2.22. The minimum Gasteiger partial charge on any atom is -0.370 e. The lowest BCUT2D eigenvalue weighted by Crippen LogP contribution is -2.34. The Labute approximate surface area is 119 Å². The molecule has 0 bridgehead atoms. The van der Waals surface area contributed by atoms with Gasteiger partial charge in [0.15, 0.2) is 0 Å². The molecule has 110 valence electrons. The zero-order chi connectivity index (χ0) is 14.3. The molecule has 2 heterocycles. The van der Waals surface area contributed by atoms with E-state index in [0.29, 0.717) is 13.0 Å². The van der Waals surface area contributed by atoms with Crippen molar-refractivity contribution in [2.45, 2.75) is 49.6 Å². The molecule has 4 atom stereocenters. The summed E-state index contributed by atoms with van der Waals surface area (Å²) in [7, 11) is -3.77. The standard InChI is InChI=1S/C14H18O5S/c1-3-11(13-14-12(18-14)8-17-13)19-20(15,16)10-6-4-9(2)5-7-10/h4-7,11-14H,3,8H2,1-2H3/t11?,12-,13+,14-/m0/s1. The Morgan fingerprint density at radius 3 is 2.55 bits per heavy atom. The van der Waals surface area contributed by atoms with Crippen molar-refractivity contribution < 1.29 is 22.1 Å². The Morgan fingerprint density at radius 1 is 1.35 bits per heavy atom. The number of benzene rings is 1. The monoisotopic (exact) mass is 298 g/mol. The third kappa shape index (κ3) is 2.61. The lowest BCUT2D eigenvalue weighted by molar-refractivity contribution is -0.0365. The molecule has 1 unspecified atom stereocenters. The maximum Gasteiger partial charge on any atom is 0.297 e. The number of hydrogen-bond acceptors (Lipinski definition) is 5. The van der Waals surface area contributed by atoms with Gasteiger partial charge in [-0.2, -0.15) is 8.42 Å². The van der Waals surface area contributed by atoms with Crippen LogP contribution in [0.2, 0.25) is 0 Å². The fourth-order valence-electron chi connectivity index (χ4n) is 2.48. The van der Waals surface area contributed by atoms with E-state index in [-0.39, 0.29) is 23.2 Å². The first-order chi connectivity index (χ1) is 9.51. The highest BCUT2D eigenvalue weighted by Gasteiger charge is 2.55. The highest BCUT2D eigenvalue weighted by molar-refractivity contribution is 7.86. The fraction of sp³-hybridized carbons (Fsp3) is 0.571. The molecule has 0 spiro atoms. The van der Waals surface area contributed by atoms with E-state index in [2.05, 4.69) is 0 Å². The van der Waals surface area contributed by atoms with Gasteiger partial charge in [0.2, 0.25) is 0 Å². The van der Waals surface area contributed by atoms with E-state index in [4.69, 9.17) is 13.7 Å². The number of fused-ring (bicyclic) bond motifs is 1. The van der Waals surface area contributed by atoms with Gasteiger partial charge in [0, 0.05) is 0 Å². The summed E-state index contributed by atoms with van der Waals surface area (Å²) >= 11 is 0. The summed E-state index contributed by atoms with van der Waals surface area (Å²) in [5.74, 6) is 0. The molecule has 2 aliphatic heterocycles. The predicted octanol–water partition coefficient (Wildman–Crippen LogP) is 1.65. The highest BCUT2D eigenvalue weighted by atomic mass is 32.2. The summed E-state index contributed by atoms with van der Waals surface area (Å²) in [4.78, 5) is 0.174. The third-order valence-corrected chi connectivity index (χ3v) is 5.08. The van der Waals surface area contributed by atoms with Crippen molar-refractivity contribution in [1.82, 2.24) is 0 Å².